The summed E-state index contributed by atoms with van der Waals surface area (Å²) in [4.78, 5) is 9.37. The first-order valence-corrected chi connectivity index (χ1v) is 12.8. The lowest BCUT2D eigenvalue weighted by Crippen LogP contribution is -2.17. The topological polar surface area (TPSA) is 67.1 Å². The second kappa shape index (κ2) is 9.26. The summed E-state index contributed by atoms with van der Waals surface area (Å²) in [5.74, 6) is 1.72. The van der Waals surface area contributed by atoms with Crippen molar-refractivity contribution in [2.24, 2.45) is 0 Å². The number of hydrogen-bond donors (Lipinski definition) is 2. The summed E-state index contributed by atoms with van der Waals surface area (Å²) in [7, 11) is 0. The number of nitrogens with one attached hydrogen (secondary N) is 2. The van der Waals surface area contributed by atoms with Crippen molar-refractivity contribution in [3.63, 3.8) is 0 Å². The Hall–Kier alpha value is -3.12. The Kier molecular flexibility index (Phi) is 5.83. The maximum Gasteiger partial charge on any atom is 0.223 e. The summed E-state index contributed by atoms with van der Waals surface area (Å²) in [6.45, 7) is 0. The fraction of sp³-hybridized carbons (Fsp3) is 0.370. The van der Waals surface area contributed by atoms with Gasteiger partial charge in [0, 0.05) is 34.4 Å². The quantitative estimate of drug-likeness (QED) is 0.322. The van der Waals surface area contributed by atoms with E-state index in [-0.39, 0.29) is 0 Å². The molecule has 2 N–H and O–H groups in total. The van der Waals surface area contributed by atoms with E-state index in [9.17, 15) is 0 Å². The molecule has 7 heteroatoms. The number of aromatic nitrogens is 4. The molecule has 2 aliphatic rings. The molecule has 0 aliphatic heterocycles. The van der Waals surface area contributed by atoms with Crippen molar-refractivity contribution in [1.29, 1.82) is 0 Å². The number of halogens is 1. The summed E-state index contributed by atoms with van der Waals surface area (Å²) in [5, 5.41) is 13.0. The normalized spacial score (nSPS) is 17.0. The van der Waals surface area contributed by atoms with Crippen LogP contribution in [0.5, 0.6) is 0 Å². The molecule has 0 bridgehead atoms. The van der Waals surface area contributed by atoms with Gasteiger partial charge in [-0.15, -0.1) is 0 Å². The van der Waals surface area contributed by atoms with Crippen LogP contribution in [0.25, 0.3) is 28.0 Å². The van der Waals surface area contributed by atoms with E-state index in [4.69, 9.17) is 21.7 Å². The van der Waals surface area contributed by atoms with Crippen LogP contribution in [0.15, 0.2) is 54.7 Å². The molecule has 4 aromatic rings. The highest BCUT2D eigenvalue weighted by molar-refractivity contribution is 6.30. The van der Waals surface area contributed by atoms with Gasteiger partial charge in [0.05, 0.1) is 16.9 Å². The summed E-state index contributed by atoms with van der Waals surface area (Å²) in [6, 6.07) is 17.2. The summed E-state index contributed by atoms with van der Waals surface area (Å²) in [5.41, 5.74) is 4.92. The van der Waals surface area contributed by atoms with E-state index < -0.39 is 0 Å². The van der Waals surface area contributed by atoms with Gasteiger partial charge in [0.1, 0.15) is 5.82 Å². The van der Waals surface area contributed by atoms with Gasteiger partial charge in [-0.25, -0.2) is 14.5 Å². The smallest absolute Gasteiger partial charge is 0.223 e. The highest BCUT2D eigenvalue weighted by Crippen LogP contribution is 2.32. The molecular weight excluding hydrogens is 444 g/mol. The van der Waals surface area contributed by atoms with Gasteiger partial charge in [-0.05, 0) is 62.1 Å². The third-order valence-corrected chi connectivity index (χ3v) is 7.34. The van der Waals surface area contributed by atoms with Gasteiger partial charge in [0.25, 0.3) is 0 Å². The Balaban J connectivity index is 1.42. The molecule has 6 rings (SSSR count). The van der Waals surface area contributed by atoms with Crippen LogP contribution in [0, 0.1) is 0 Å². The van der Waals surface area contributed by atoms with E-state index in [1.54, 1.807) is 0 Å². The van der Waals surface area contributed by atoms with Crippen LogP contribution < -0.4 is 10.6 Å². The minimum absolute atomic E-state index is 0.472. The van der Waals surface area contributed by atoms with E-state index in [1.165, 1.54) is 51.4 Å². The van der Waals surface area contributed by atoms with Gasteiger partial charge in [0.2, 0.25) is 5.95 Å². The van der Waals surface area contributed by atoms with Crippen molar-refractivity contribution in [3.05, 3.63) is 59.8 Å². The highest BCUT2D eigenvalue weighted by atomic mass is 35.5. The molecule has 0 atom stereocenters. The molecule has 3 heterocycles. The molecule has 0 saturated heterocycles. The molecule has 0 unspecified atom stereocenters. The number of benzene rings is 1. The monoisotopic (exact) mass is 472 g/mol. The molecule has 1 aromatic carbocycles. The lowest BCUT2D eigenvalue weighted by Gasteiger charge is -2.16. The zero-order chi connectivity index (χ0) is 22.9. The van der Waals surface area contributed by atoms with E-state index in [0.717, 1.165) is 38.9 Å². The number of anilines is 2. The van der Waals surface area contributed by atoms with Gasteiger partial charge >= 0.3 is 0 Å². The van der Waals surface area contributed by atoms with E-state index >= 15 is 0 Å². The zero-order valence-corrected chi connectivity index (χ0v) is 19.9. The molecule has 0 amide bonds. The molecule has 174 valence electrons. The van der Waals surface area contributed by atoms with E-state index in [1.807, 2.05) is 41.0 Å². The second-order valence-electron chi connectivity index (χ2n) is 9.48. The predicted molar refractivity (Wildman–Crippen MR) is 138 cm³/mol. The molecule has 34 heavy (non-hydrogen) atoms. The highest BCUT2D eigenvalue weighted by Gasteiger charge is 2.20. The predicted octanol–water partition coefficient (Wildman–Crippen LogP) is 6.82. The lowest BCUT2D eigenvalue weighted by molar-refractivity contribution is 0.742. The summed E-state index contributed by atoms with van der Waals surface area (Å²) >= 11 is 6.12. The standard InChI is InChI=1S/C27H29ClN6/c28-19-11-9-18(10-12-19)24-17-25-22(13-14-26(34(25)33-24)30-20-5-1-2-6-20)23-15-16-29-27(32-23)31-21-7-3-4-8-21/h9-17,20-21,30H,1-8H2,(H,29,31,32). The van der Waals surface area contributed by atoms with Crippen molar-refractivity contribution >= 4 is 28.9 Å². The number of fused-ring (bicyclic) bond motifs is 1. The molecule has 6 nitrogen and oxygen atoms in total. The first-order chi connectivity index (χ1) is 16.7. The number of hydrogen-bond acceptors (Lipinski definition) is 5. The first kappa shape index (κ1) is 21.4. The SMILES string of the molecule is Clc1ccc(-c2cc3c(-c4ccnc(NC5CCCC5)n4)ccc(NC4CCCC4)n3n2)cc1. The molecule has 3 aromatic heterocycles. The minimum atomic E-state index is 0.472. The third-order valence-electron chi connectivity index (χ3n) is 7.09. The van der Waals surface area contributed by atoms with E-state index in [0.29, 0.717) is 18.0 Å². The maximum atomic E-state index is 6.12. The fourth-order valence-electron chi connectivity index (χ4n) is 5.27. The average molecular weight is 473 g/mol. The van der Waals surface area contributed by atoms with Crippen LogP contribution in [0.3, 0.4) is 0 Å². The summed E-state index contributed by atoms with van der Waals surface area (Å²) < 4.78 is 2.03. The van der Waals surface area contributed by atoms with Crippen LogP contribution in [0.4, 0.5) is 11.8 Å². The van der Waals surface area contributed by atoms with Gasteiger partial charge in [-0.3, -0.25) is 0 Å². The van der Waals surface area contributed by atoms with Gasteiger partial charge in [-0.2, -0.15) is 5.10 Å². The van der Waals surface area contributed by atoms with E-state index in [2.05, 4.69) is 33.8 Å². The number of nitrogens with zero attached hydrogens (tertiary/aromatic N) is 4. The Morgan fingerprint density at radius 3 is 2.24 bits per heavy atom. The molecule has 2 aliphatic carbocycles. The molecular formula is C27H29ClN6. The average Bonchev–Trinajstić information content (AvgIpc) is 3.62. The van der Waals surface area contributed by atoms with Crippen LogP contribution >= 0.6 is 11.6 Å². The first-order valence-electron chi connectivity index (χ1n) is 12.4. The molecule has 2 fully saturated rings. The van der Waals surface area contributed by atoms with Crippen LogP contribution in [-0.4, -0.2) is 31.7 Å². The van der Waals surface area contributed by atoms with Crippen LogP contribution in [0.2, 0.25) is 5.02 Å². The third kappa shape index (κ3) is 4.34. The van der Waals surface area contributed by atoms with Gasteiger partial charge < -0.3 is 10.6 Å². The van der Waals surface area contributed by atoms with Crippen molar-refractivity contribution in [2.45, 2.75) is 63.5 Å². The minimum Gasteiger partial charge on any atom is -0.367 e. The summed E-state index contributed by atoms with van der Waals surface area (Å²) in [6.07, 6.45) is 11.7. The second-order valence-corrected chi connectivity index (χ2v) is 9.92. The molecule has 0 radical (unpaired) electrons. The Morgan fingerprint density at radius 2 is 1.50 bits per heavy atom. The fourth-order valence-corrected chi connectivity index (χ4v) is 5.40. The lowest BCUT2D eigenvalue weighted by atomic mass is 10.1. The van der Waals surface area contributed by atoms with Crippen molar-refractivity contribution < 1.29 is 0 Å². The Morgan fingerprint density at radius 1 is 0.794 bits per heavy atom. The Labute approximate surface area is 204 Å². The largest absolute Gasteiger partial charge is 0.367 e. The van der Waals surface area contributed by atoms with Gasteiger partial charge in [-0.1, -0.05) is 49.4 Å². The van der Waals surface area contributed by atoms with Crippen molar-refractivity contribution in [2.75, 3.05) is 10.6 Å². The molecule has 0 spiro atoms. The van der Waals surface area contributed by atoms with Gasteiger partial charge in [0.15, 0.2) is 0 Å². The van der Waals surface area contributed by atoms with Crippen LogP contribution in [-0.2, 0) is 0 Å². The Bertz CT molecular complexity index is 1290. The van der Waals surface area contributed by atoms with Crippen molar-refractivity contribution in [3.8, 4) is 22.5 Å². The zero-order valence-electron chi connectivity index (χ0n) is 19.2. The maximum absolute atomic E-state index is 6.12. The van der Waals surface area contributed by atoms with Crippen LogP contribution in [0.1, 0.15) is 51.4 Å². The number of pyridine rings is 1. The van der Waals surface area contributed by atoms with Crippen molar-refractivity contribution in [1.82, 2.24) is 19.6 Å². The molecule has 2 saturated carbocycles. The number of rotatable bonds is 6.